The molecule has 0 aromatic heterocycles. The van der Waals surface area contributed by atoms with Gasteiger partial charge in [-0.3, -0.25) is 0 Å². The summed E-state index contributed by atoms with van der Waals surface area (Å²) in [5.74, 6) is 0. The summed E-state index contributed by atoms with van der Waals surface area (Å²) in [4.78, 5) is 11.8. The average Bonchev–Trinajstić information content (AvgIpc) is 3.02. The third kappa shape index (κ3) is 4.85. The molecule has 1 spiro atoms. The van der Waals surface area contributed by atoms with Crippen LogP contribution in [0.4, 0.5) is 4.79 Å². The number of carbonyl (C=O) groups is 1. The number of nitrogens with one attached hydrogen (secondary N) is 2. The number of amides is 1. The minimum atomic E-state index is -0.430. The molecule has 2 fully saturated rings. The number of alkyl carbamates (subject to hydrolysis) is 1. The molecule has 0 aromatic carbocycles. The summed E-state index contributed by atoms with van der Waals surface area (Å²) in [5, 5.41) is 15.3. The molecule has 2 saturated carbocycles. The van der Waals surface area contributed by atoms with Crippen molar-refractivity contribution < 1.29 is 14.6 Å². The highest BCUT2D eigenvalue weighted by Crippen LogP contribution is 2.56. The molecule has 0 aromatic rings. The molecule has 2 aliphatic rings. The molecule has 21 heavy (non-hydrogen) atoms. The average molecular weight is 298 g/mol. The molecule has 2 aliphatic carbocycles. The van der Waals surface area contributed by atoms with Gasteiger partial charge in [0.1, 0.15) is 5.60 Å². The van der Waals surface area contributed by atoms with Crippen LogP contribution in [0.3, 0.4) is 0 Å². The molecular formula is C16H30N2O3. The third-order valence-electron chi connectivity index (χ3n) is 4.63. The van der Waals surface area contributed by atoms with Crippen molar-refractivity contribution in [1.29, 1.82) is 0 Å². The number of hydrogen-bond donors (Lipinski definition) is 3. The Morgan fingerprint density at radius 3 is 2.57 bits per heavy atom. The summed E-state index contributed by atoms with van der Waals surface area (Å²) in [5.41, 5.74) is -0.105. The van der Waals surface area contributed by atoms with Gasteiger partial charge in [-0.15, -0.1) is 0 Å². The Morgan fingerprint density at radius 2 is 2.00 bits per heavy atom. The maximum absolute atomic E-state index is 11.8. The van der Waals surface area contributed by atoms with Crippen molar-refractivity contribution in [2.45, 2.75) is 77.0 Å². The van der Waals surface area contributed by atoms with Crippen molar-refractivity contribution in [3.05, 3.63) is 0 Å². The Hall–Kier alpha value is -0.810. The largest absolute Gasteiger partial charge is 0.444 e. The first-order valence-electron chi connectivity index (χ1n) is 8.18. The Kier molecular flexibility index (Phi) is 5.15. The standard InChI is InChI=1S/C16H30N2O3/c1-15(2,3)21-14(20)18-13-11-16(13)7-5-12(6-8-16)17-9-4-10-19/h12-13,17,19H,4-11H2,1-3H3,(H,18,20). The van der Waals surface area contributed by atoms with Crippen molar-refractivity contribution in [1.82, 2.24) is 10.6 Å². The number of aliphatic hydroxyl groups is 1. The predicted molar refractivity (Wildman–Crippen MR) is 82.2 cm³/mol. The summed E-state index contributed by atoms with van der Waals surface area (Å²) in [6, 6.07) is 0.871. The second-order valence-corrected chi connectivity index (χ2v) is 7.57. The fourth-order valence-corrected chi connectivity index (χ4v) is 3.34. The van der Waals surface area contributed by atoms with Gasteiger partial charge in [0.05, 0.1) is 0 Å². The van der Waals surface area contributed by atoms with Gasteiger partial charge in [-0.05, 0) is 71.3 Å². The van der Waals surface area contributed by atoms with Crippen LogP contribution in [-0.4, -0.2) is 42.0 Å². The first-order valence-corrected chi connectivity index (χ1v) is 8.18. The van der Waals surface area contributed by atoms with Crippen LogP contribution in [-0.2, 0) is 4.74 Å². The molecule has 5 nitrogen and oxygen atoms in total. The van der Waals surface area contributed by atoms with E-state index in [1.54, 1.807) is 0 Å². The summed E-state index contributed by atoms with van der Waals surface area (Å²) < 4.78 is 5.32. The lowest BCUT2D eigenvalue weighted by Gasteiger charge is -2.30. The van der Waals surface area contributed by atoms with E-state index < -0.39 is 5.60 Å². The Balaban J connectivity index is 1.68. The lowest BCUT2D eigenvalue weighted by molar-refractivity contribution is 0.0512. The number of carbonyl (C=O) groups excluding carboxylic acids is 1. The molecule has 0 bridgehead atoms. The molecule has 2 rings (SSSR count). The highest BCUT2D eigenvalue weighted by atomic mass is 16.6. The molecule has 0 saturated heterocycles. The van der Waals surface area contributed by atoms with Crippen LogP contribution >= 0.6 is 0 Å². The van der Waals surface area contributed by atoms with E-state index in [2.05, 4.69) is 10.6 Å². The van der Waals surface area contributed by atoms with Crippen molar-refractivity contribution in [3.63, 3.8) is 0 Å². The molecule has 0 radical (unpaired) electrons. The van der Waals surface area contributed by atoms with Gasteiger partial charge in [-0.1, -0.05) is 0 Å². The van der Waals surface area contributed by atoms with Crippen LogP contribution in [0.25, 0.3) is 0 Å². The maximum Gasteiger partial charge on any atom is 0.407 e. The van der Waals surface area contributed by atoms with Gasteiger partial charge in [-0.2, -0.15) is 0 Å². The molecule has 1 amide bonds. The van der Waals surface area contributed by atoms with Crippen molar-refractivity contribution in [2.24, 2.45) is 5.41 Å². The van der Waals surface area contributed by atoms with Crippen LogP contribution in [0.2, 0.25) is 0 Å². The van der Waals surface area contributed by atoms with E-state index in [9.17, 15) is 4.79 Å². The van der Waals surface area contributed by atoms with Crippen LogP contribution in [0.15, 0.2) is 0 Å². The Morgan fingerprint density at radius 1 is 1.33 bits per heavy atom. The molecule has 122 valence electrons. The molecule has 1 unspecified atom stereocenters. The number of hydrogen-bond acceptors (Lipinski definition) is 4. The normalized spacial score (nSPS) is 32.0. The van der Waals surface area contributed by atoms with Gasteiger partial charge in [0, 0.05) is 18.7 Å². The quantitative estimate of drug-likeness (QED) is 0.680. The summed E-state index contributed by atoms with van der Waals surface area (Å²) in [6.07, 6.45) is 6.30. The molecule has 0 heterocycles. The zero-order chi connectivity index (χ0) is 15.5. The second kappa shape index (κ2) is 6.53. The van der Waals surface area contributed by atoms with Crippen LogP contribution in [0.5, 0.6) is 0 Å². The highest BCUT2D eigenvalue weighted by molar-refractivity contribution is 5.68. The minimum Gasteiger partial charge on any atom is -0.444 e. The monoisotopic (exact) mass is 298 g/mol. The minimum absolute atomic E-state index is 0.255. The first kappa shape index (κ1) is 16.6. The topological polar surface area (TPSA) is 70.6 Å². The van der Waals surface area contributed by atoms with E-state index in [4.69, 9.17) is 9.84 Å². The number of ether oxygens (including phenoxy) is 1. The molecule has 3 N–H and O–H groups in total. The molecular weight excluding hydrogens is 268 g/mol. The van der Waals surface area contributed by atoms with Gasteiger partial charge in [0.2, 0.25) is 0 Å². The van der Waals surface area contributed by atoms with Crippen LogP contribution in [0, 0.1) is 5.41 Å². The SMILES string of the molecule is CC(C)(C)OC(=O)NC1CC12CCC(NCCCO)CC2. The van der Waals surface area contributed by atoms with E-state index in [0.29, 0.717) is 17.5 Å². The lowest BCUT2D eigenvalue weighted by atomic mass is 9.82. The van der Waals surface area contributed by atoms with E-state index in [-0.39, 0.29) is 12.7 Å². The van der Waals surface area contributed by atoms with E-state index >= 15 is 0 Å². The van der Waals surface area contributed by atoms with E-state index in [1.165, 1.54) is 12.8 Å². The zero-order valence-corrected chi connectivity index (χ0v) is 13.6. The van der Waals surface area contributed by atoms with Gasteiger partial charge in [0.25, 0.3) is 0 Å². The van der Waals surface area contributed by atoms with E-state index in [0.717, 1.165) is 32.2 Å². The van der Waals surface area contributed by atoms with Crippen molar-refractivity contribution in [3.8, 4) is 0 Å². The van der Waals surface area contributed by atoms with Gasteiger partial charge >= 0.3 is 6.09 Å². The zero-order valence-electron chi connectivity index (χ0n) is 13.6. The molecule has 1 atom stereocenters. The highest BCUT2D eigenvalue weighted by Gasteiger charge is 2.55. The third-order valence-corrected chi connectivity index (χ3v) is 4.63. The molecule has 0 aliphatic heterocycles. The maximum atomic E-state index is 11.8. The predicted octanol–water partition coefficient (Wildman–Crippen LogP) is 2.18. The van der Waals surface area contributed by atoms with Crippen molar-refractivity contribution >= 4 is 6.09 Å². The van der Waals surface area contributed by atoms with Gasteiger partial charge in [0.15, 0.2) is 0 Å². The van der Waals surface area contributed by atoms with Gasteiger partial charge in [-0.25, -0.2) is 4.79 Å². The Bertz CT molecular complexity index is 357. The Labute approximate surface area is 127 Å². The van der Waals surface area contributed by atoms with E-state index in [1.807, 2.05) is 20.8 Å². The molecule has 5 heteroatoms. The fourth-order valence-electron chi connectivity index (χ4n) is 3.34. The second-order valence-electron chi connectivity index (χ2n) is 7.57. The first-order chi connectivity index (χ1) is 9.85. The number of rotatable bonds is 5. The summed E-state index contributed by atoms with van der Waals surface area (Å²) in [7, 11) is 0. The smallest absolute Gasteiger partial charge is 0.407 e. The van der Waals surface area contributed by atoms with Crippen molar-refractivity contribution in [2.75, 3.05) is 13.2 Å². The summed E-state index contributed by atoms with van der Waals surface area (Å²) in [6.45, 7) is 6.81. The van der Waals surface area contributed by atoms with Crippen LogP contribution in [0.1, 0.15) is 59.3 Å². The fraction of sp³-hybridized carbons (Fsp3) is 0.938. The van der Waals surface area contributed by atoms with Crippen LogP contribution < -0.4 is 10.6 Å². The number of aliphatic hydroxyl groups excluding tert-OH is 1. The lowest BCUT2D eigenvalue weighted by Crippen LogP contribution is -2.39. The summed E-state index contributed by atoms with van der Waals surface area (Å²) >= 11 is 0. The van der Waals surface area contributed by atoms with Gasteiger partial charge < -0.3 is 20.5 Å².